The van der Waals surface area contributed by atoms with Crippen LogP contribution < -0.4 is 0 Å². The highest BCUT2D eigenvalue weighted by atomic mass is 32.2. The molecule has 0 saturated carbocycles. The molecule has 0 radical (unpaired) electrons. The third kappa shape index (κ3) is 4.65. The Morgan fingerprint density at radius 2 is 1.39 bits per heavy atom. The average molecular weight is 514 g/mol. The minimum absolute atomic E-state index is 0.172. The number of H-pyrrole nitrogens is 1. The minimum atomic E-state index is -1.01. The van der Waals surface area contributed by atoms with Gasteiger partial charge in [-0.1, -0.05) is 91.0 Å². The van der Waals surface area contributed by atoms with Crippen molar-refractivity contribution < 1.29 is 9.90 Å². The van der Waals surface area contributed by atoms with Gasteiger partial charge >= 0.3 is 5.97 Å². The lowest BCUT2D eigenvalue weighted by Gasteiger charge is -2.15. The molecule has 0 aliphatic rings. The second-order valence-corrected chi connectivity index (χ2v) is 9.74. The molecule has 0 aliphatic heterocycles. The highest BCUT2D eigenvalue weighted by molar-refractivity contribution is 8.04. The van der Waals surface area contributed by atoms with E-state index in [4.69, 9.17) is 0 Å². The molecule has 6 rings (SSSR count). The van der Waals surface area contributed by atoms with Crippen molar-refractivity contribution in [2.24, 2.45) is 0 Å². The number of hydrogen-bond acceptors (Lipinski definition) is 3. The topological polar surface area (TPSA) is 70.9 Å². The Labute approximate surface area is 224 Å². The zero-order chi connectivity index (χ0) is 25.9. The number of aromatic nitrogens is 3. The molecule has 0 fully saturated rings. The molecular weight excluding hydrogens is 490 g/mol. The Bertz CT molecular complexity index is 1720. The molecule has 184 valence electrons. The summed E-state index contributed by atoms with van der Waals surface area (Å²) < 4.78 is 2.20. The van der Waals surface area contributed by atoms with Crippen molar-refractivity contribution in [1.82, 2.24) is 14.5 Å². The van der Waals surface area contributed by atoms with Crippen molar-refractivity contribution in [2.45, 2.75) is 5.16 Å². The van der Waals surface area contributed by atoms with E-state index in [0.717, 1.165) is 56.6 Å². The molecule has 0 atom stereocenters. The summed E-state index contributed by atoms with van der Waals surface area (Å²) in [6.07, 6.45) is 1.74. The quantitative estimate of drug-likeness (QED) is 0.168. The van der Waals surface area contributed by atoms with Gasteiger partial charge in [-0.15, -0.1) is 0 Å². The molecule has 5 nitrogen and oxygen atoms in total. The van der Waals surface area contributed by atoms with Crippen LogP contribution in [-0.4, -0.2) is 25.6 Å². The van der Waals surface area contributed by atoms with Crippen molar-refractivity contribution in [1.29, 1.82) is 0 Å². The van der Waals surface area contributed by atoms with E-state index in [9.17, 15) is 9.90 Å². The Morgan fingerprint density at radius 3 is 2.05 bits per heavy atom. The van der Waals surface area contributed by atoms with Gasteiger partial charge in [-0.05, 0) is 59.3 Å². The van der Waals surface area contributed by atoms with E-state index in [1.54, 1.807) is 6.08 Å². The zero-order valence-corrected chi connectivity index (χ0v) is 21.1. The van der Waals surface area contributed by atoms with E-state index in [1.165, 1.54) is 0 Å². The van der Waals surface area contributed by atoms with Crippen LogP contribution >= 0.6 is 11.8 Å². The monoisotopic (exact) mass is 513 g/mol. The number of carboxylic acids is 1. The molecule has 0 unspecified atom stereocenters. The summed E-state index contributed by atoms with van der Waals surface area (Å²) in [5, 5.41) is 10.7. The minimum Gasteiger partial charge on any atom is -0.477 e. The van der Waals surface area contributed by atoms with Crippen molar-refractivity contribution in [3.63, 3.8) is 0 Å². The summed E-state index contributed by atoms with van der Waals surface area (Å²) in [5.74, 6) is -1.01. The van der Waals surface area contributed by atoms with Crippen molar-refractivity contribution in [3.05, 3.63) is 132 Å². The molecular formula is C32H23N3O2S. The van der Waals surface area contributed by atoms with E-state index in [2.05, 4.69) is 44.9 Å². The molecule has 0 aliphatic carbocycles. The second-order valence-electron chi connectivity index (χ2n) is 8.71. The van der Waals surface area contributed by atoms with Crippen molar-refractivity contribution in [2.75, 3.05) is 0 Å². The Balaban J connectivity index is 1.57. The van der Waals surface area contributed by atoms with Gasteiger partial charge in [0.25, 0.3) is 0 Å². The molecule has 6 aromatic rings. The summed E-state index contributed by atoms with van der Waals surface area (Å²) in [7, 11) is 0. The highest BCUT2D eigenvalue weighted by Gasteiger charge is 2.21. The fourth-order valence-electron chi connectivity index (χ4n) is 4.56. The van der Waals surface area contributed by atoms with Crippen LogP contribution in [0.25, 0.3) is 45.3 Å². The summed E-state index contributed by atoms with van der Waals surface area (Å²) >= 11 is 1.11. The Hall–Kier alpha value is -4.81. The SMILES string of the molecule is O=C(O)/C(=C/c1cc(-c2ccccc2)n(-c2ccccc2)c1-c1ccccc1)Sc1nc2ccccc2[nH]1. The lowest BCUT2D eigenvalue weighted by Crippen LogP contribution is -2.00. The zero-order valence-electron chi connectivity index (χ0n) is 20.3. The predicted octanol–water partition coefficient (Wildman–Crippen LogP) is 7.91. The van der Waals surface area contributed by atoms with Crippen molar-refractivity contribution >= 4 is 34.8 Å². The number of rotatable bonds is 7. The summed E-state index contributed by atoms with van der Waals surface area (Å²) in [5.41, 5.74) is 7.38. The fourth-order valence-corrected chi connectivity index (χ4v) is 5.34. The van der Waals surface area contributed by atoms with Crippen LogP contribution in [-0.2, 0) is 4.79 Å². The van der Waals surface area contributed by atoms with Crippen LogP contribution in [0.3, 0.4) is 0 Å². The number of benzene rings is 4. The number of carboxylic acid groups (broad SMARTS) is 1. The van der Waals surface area contributed by atoms with E-state index >= 15 is 0 Å². The van der Waals surface area contributed by atoms with E-state index in [-0.39, 0.29) is 4.91 Å². The standard InChI is InChI=1S/C32H23N3O2S/c36-31(37)29(38-32-33-26-18-10-11-19-27(26)34-32)21-24-20-28(22-12-4-1-5-13-22)35(25-16-8-3-9-17-25)30(24)23-14-6-2-7-15-23/h1-21H,(H,33,34)(H,36,37)/b29-21-. The number of thioether (sulfide) groups is 1. The first-order valence-electron chi connectivity index (χ1n) is 12.2. The van der Waals surface area contributed by atoms with Crippen LogP contribution in [0.1, 0.15) is 5.56 Å². The molecule has 0 bridgehead atoms. The maximum atomic E-state index is 12.5. The summed E-state index contributed by atoms with van der Waals surface area (Å²) in [6, 6.07) is 40.1. The molecule has 2 aromatic heterocycles. The van der Waals surface area contributed by atoms with Gasteiger partial charge in [-0.3, -0.25) is 0 Å². The Kier molecular flexibility index (Phi) is 6.38. The van der Waals surface area contributed by atoms with Gasteiger partial charge in [0, 0.05) is 11.3 Å². The number of nitrogens with one attached hydrogen (secondary N) is 1. The maximum Gasteiger partial charge on any atom is 0.342 e. The highest BCUT2D eigenvalue weighted by Crippen LogP contribution is 2.38. The van der Waals surface area contributed by atoms with Gasteiger partial charge in [0.15, 0.2) is 5.16 Å². The normalized spacial score (nSPS) is 11.6. The van der Waals surface area contributed by atoms with Crippen LogP contribution in [0.2, 0.25) is 0 Å². The number of aliphatic carboxylic acids is 1. The van der Waals surface area contributed by atoms with Crippen LogP contribution in [0.5, 0.6) is 0 Å². The molecule has 0 spiro atoms. The molecule has 2 heterocycles. The van der Waals surface area contributed by atoms with Crippen molar-refractivity contribution in [3.8, 4) is 28.2 Å². The molecule has 2 N–H and O–H groups in total. The molecule has 6 heteroatoms. The first-order chi connectivity index (χ1) is 18.7. The third-order valence-electron chi connectivity index (χ3n) is 6.23. The van der Waals surface area contributed by atoms with E-state index in [1.807, 2.05) is 91.0 Å². The number of carbonyl (C=O) groups is 1. The van der Waals surface area contributed by atoms with Crippen LogP contribution in [0, 0.1) is 0 Å². The first kappa shape index (κ1) is 23.6. The van der Waals surface area contributed by atoms with Crippen LogP contribution in [0.15, 0.2) is 131 Å². The van der Waals surface area contributed by atoms with Gasteiger partial charge in [0.1, 0.15) is 4.91 Å². The van der Waals surface area contributed by atoms with E-state index in [0.29, 0.717) is 5.16 Å². The lowest BCUT2D eigenvalue weighted by molar-refractivity contribution is -0.131. The number of para-hydroxylation sites is 3. The van der Waals surface area contributed by atoms with E-state index < -0.39 is 5.97 Å². The molecule has 38 heavy (non-hydrogen) atoms. The summed E-state index contributed by atoms with van der Waals surface area (Å²) in [4.78, 5) is 20.4. The number of imidazole rings is 1. The second kappa shape index (κ2) is 10.3. The Morgan fingerprint density at radius 1 is 0.789 bits per heavy atom. The number of nitrogens with zero attached hydrogens (tertiary/aromatic N) is 2. The fraction of sp³-hybridized carbons (Fsp3) is 0. The molecule has 0 saturated heterocycles. The molecule has 4 aromatic carbocycles. The number of hydrogen-bond donors (Lipinski definition) is 2. The van der Waals surface area contributed by atoms with Gasteiger partial charge in [0.2, 0.25) is 0 Å². The smallest absolute Gasteiger partial charge is 0.342 e. The largest absolute Gasteiger partial charge is 0.477 e. The van der Waals surface area contributed by atoms with Gasteiger partial charge in [-0.2, -0.15) is 0 Å². The molecule has 0 amide bonds. The van der Waals surface area contributed by atoms with Gasteiger partial charge in [0.05, 0.1) is 22.4 Å². The maximum absolute atomic E-state index is 12.5. The number of aromatic amines is 1. The average Bonchev–Trinajstić information content (AvgIpc) is 3.55. The first-order valence-corrected chi connectivity index (χ1v) is 13.0. The predicted molar refractivity (Wildman–Crippen MR) is 154 cm³/mol. The number of fused-ring (bicyclic) bond motifs is 1. The van der Waals surface area contributed by atoms with Gasteiger partial charge in [-0.25, -0.2) is 9.78 Å². The van der Waals surface area contributed by atoms with Gasteiger partial charge < -0.3 is 14.7 Å². The lowest BCUT2D eigenvalue weighted by atomic mass is 10.1. The van der Waals surface area contributed by atoms with Crippen LogP contribution in [0.4, 0.5) is 0 Å². The third-order valence-corrected chi connectivity index (χ3v) is 7.13. The summed E-state index contributed by atoms with van der Waals surface area (Å²) in [6.45, 7) is 0.